The summed E-state index contributed by atoms with van der Waals surface area (Å²) in [6, 6.07) is 4.57. The van der Waals surface area contributed by atoms with Gasteiger partial charge in [-0.3, -0.25) is 0 Å². The Morgan fingerprint density at radius 2 is 1.89 bits per heavy atom. The van der Waals surface area contributed by atoms with E-state index in [4.69, 9.17) is 16.7 Å². The van der Waals surface area contributed by atoms with Gasteiger partial charge in [0.05, 0.1) is 11.6 Å². The lowest BCUT2D eigenvalue weighted by atomic mass is 10.2. The van der Waals surface area contributed by atoms with Crippen LogP contribution in [0.1, 0.15) is 5.56 Å². The van der Waals surface area contributed by atoms with Gasteiger partial charge in [-0.15, -0.1) is 0 Å². The summed E-state index contributed by atoms with van der Waals surface area (Å²) in [6.07, 6.45) is 0. The Morgan fingerprint density at radius 1 is 1.26 bits per heavy atom. The summed E-state index contributed by atoms with van der Waals surface area (Å²) in [5.41, 5.74) is 0.539. The van der Waals surface area contributed by atoms with Crippen molar-refractivity contribution in [3.63, 3.8) is 0 Å². The van der Waals surface area contributed by atoms with Crippen molar-refractivity contribution in [3.05, 3.63) is 28.8 Å². The summed E-state index contributed by atoms with van der Waals surface area (Å²) in [5, 5.41) is 9.30. The van der Waals surface area contributed by atoms with Gasteiger partial charge in [0.2, 0.25) is 10.0 Å². The average Bonchev–Trinajstić information content (AvgIpc) is 2.39. The Labute approximate surface area is 118 Å². The molecule has 0 saturated carbocycles. The van der Waals surface area contributed by atoms with Crippen LogP contribution in [0.25, 0.3) is 0 Å². The second-order valence-electron chi connectivity index (χ2n) is 4.63. The van der Waals surface area contributed by atoms with E-state index in [1.54, 1.807) is 6.07 Å². The molecule has 0 unspecified atom stereocenters. The van der Waals surface area contributed by atoms with Crippen LogP contribution in [0.5, 0.6) is 0 Å². The third-order valence-corrected chi connectivity index (χ3v) is 5.64. The molecular weight excluding hydrogens is 288 g/mol. The Morgan fingerprint density at radius 3 is 2.47 bits per heavy atom. The maximum Gasteiger partial charge on any atom is 0.244 e. The van der Waals surface area contributed by atoms with E-state index < -0.39 is 10.0 Å². The molecule has 1 aromatic rings. The second-order valence-corrected chi connectivity index (χ2v) is 6.94. The van der Waals surface area contributed by atoms with Gasteiger partial charge in [0.15, 0.2) is 0 Å². The molecule has 0 spiro atoms. The van der Waals surface area contributed by atoms with Gasteiger partial charge < -0.3 is 10.0 Å². The molecule has 2 rings (SSSR count). The van der Waals surface area contributed by atoms with Crippen molar-refractivity contribution in [2.24, 2.45) is 0 Å². The molecule has 0 radical (unpaired) electrons. The predicted molar refractivity (Wildman–Crippen MR) is 73.6 cm³/mol. The summed E-state index contributed by atoms with van der Waals surface area (Å²) in [4.78, 5) is 2.16. The summed E-state index contributed by atoms with van der Waals surface area (Å²) < 4.78 is 26.5. The van der Waals surface area contributed by atoms with E-state index in [9.17, 15) is 8.42 Å². The van der Waals surface area contributed by atoms with E-state index in [1.807, 2.05) is 7.05 Å². The number of aliphatic hydroxyl groups excluding tert-OH is 1. The Bertz CT molecular complexity index is 554. The van der Waals surface area contributed by atoms with Gasteiger partial charge >= 0.3 is 0 Å². The summed E-state index contributed by atoms with van der Waals surface area (Å²) in [5.74, 6) is 0. The van der Waals surface area contributed by atoms with Crippen molar-refractivity contribution in [2.45, 2.75) is 11.5 Å². The Hall–Kier alpha value is -0.660. The third-order valence-electron chi connectivity index (χ3n) is 3.26. The van der Waals surface area contributed by atoms with Gasteiger partial charge in [-0.2, -0.15) is 4.31 Å². The van der Waals surface area contributed by atoms with Crippen molar-refractivity contribution >= 4 is 21.6 Å². The minimum atomic E-state index is -3.59. The lowest BCUT2D eigenvalue weighted by Gasteiger charge is -2.31. The highest BCUT2D eigenvalue weighted by molar-refractivity contribution is 7.89. The molecule has 1 aromatic carbocycles. The third kappa shape index (κ3) is 3.09. The fraction of sp³-hybridized carbons (Fsp3) is 0.500. The molecule has 1 aliphatic heterocycles. The molecule has 1 N–H and O–H groups in total. The zero-order chi connectivity index (χ0) is 14.0. The van der Waals surface area contributed by atoms with Crippen LogP contribution in [0, 0.1) is 0 Å². The molecule has 0 amide bonds. The molecule has 5 nitrogen and oxygen atoms in total. The number of rotatable bonds is 3. The van der Waals surface area contributed by atoms with E-state index in [2.05, 4.69) is 4.90 Å². The van der Waals surface area contributed by atoms with E-state index >= 15 is 0 Å². The number of hydrogen-bond donors (Lipinski definition) is 1. The van der Waals surface area contributed by atoms with Gasteiger partial charge in [0, 0.05) is 26.2 Å². The highest BCUT2D eigenvalue weighted by Crippen LogP contribution is 2.26. The maximum atomic E-state index is 12.5. The van der Waals surface area contributed by atoms with E-state index in [0.717, 1.165) is 0 Å². The number of benzene rings is 1. The topological polar surface area (TPSA) is 60.9 Å². The molecule has 106 valence electrons. The van der Waals surface area contributed by atoms with Gasteiger partial charge in [0.25, 0.3) is 0 Å². The number of likely N-dealkylation sites (N-methyl/N-ethyl adjacent to an activating group) is 1. The Kier molecular flexibility index (Phi) is 4.47. The minimum absolute atomic E-state index is 0.0743. The van der Waals surface area contributed by atoms with Crippen LogP contribution in [-0.2, 0) is 16.6 Å². The van der Waals surface area contributed by atoms with Crippen LogP contribution >= 0.6 is 11.6 Å². The minimum Gasteiger partial charge on any atom is -0.392 e. The zero-order valence-electron chi connectivity index (χ0n) is 10.7. The molecule has 7 heteroatoms. The van der Waals surface area contributed by atoms with E-state index in [0.29, 0.717) is 31.7 Å². The molecule has 0 bridgehead atoms. The van der Waals surface area contributed by atoms with Crippen molar-refractivity contribution < 1.29 is 13.5 Å². The number of aliphatic hydroxyl groups is 1. The number of piperazine rings is 1. The monoisotopic (exact) mass is 304 g/mol. The standard InChI is InChI=1S/C12H17ClN2O3S/c1-14-4-6-15(7-5-14)19(17,18)12-8-10(9-16)2-3-11(12)13/h2-3,8,16H,4-7,9H2,1H3. The van der Waals surface area contributed by atoms with Gasteiger partial charge in [0.1, 0.15) is 4.90 Å². The van der Waals surface area contributed by atoms with Crippen molar-refractivity contribution in [3.8, 4) is 0 Å². The van der Waals surface area contributed by atoms with Crippen LogP contribution in [-0.4, -0.2) is 56.0 Å². The molecule has 1 fully saturated rings. The lowest BCUT2D eigenvalue weighted by molar-refractivity contribution is 0.222. The molecule has 0 aromatic heterocycles. The first-order valence-electron chi connectivity index (χ1n) is 6.03. The highest BCUT2D eigenvalue weighted by atomic mass is 35.5. The highest BCUT2D eigenvalue weighted by Gasteiger charge is 2.29. The fourth-order valence-electron chi connectivity index (χ4n) is 2.01. The average molecular weight is 305 g/mol. The van der Waals surface area contributed by atoms with Crippen LogP contribution in [0.3, 0.4) is 0 Å². The largest absolute Gasteiger partial charge is 0.392 e. The van der Waals surface area contributed by atoms with Gasteiger partial charge in [-0.1, -0.05) is 17.7 Å². The molecule has 0 atom stereocenters. The first kappa shape index (κ1) is 14.7. The first-order chi connectivity index (χ1) is 8.95. The molecule has 0 aliphatic carbocycles. The number of halogens is 1. The van der Waals surface area contributed by atoms with Gasteiger partial charge in [-0.05, 0) is 24.7 Å². The first-order valence-corrected chi connectivity index (χ1v) is 7.85. The van der Waals surface area contributed by atoms with E-state index in [-0.39, 0.29) is 16.5 Å². The van der Waals surface area contributed by atoms with Crippen molar-refractivity contribution in [2.75, 3.05) is 33.2 Å². The van der Waals surface area contributed by atoms with E-state index in [1.165, 1.54) is 16.4 Å². The fourth-order valence-corrected chi connectivity index (χ4v) is 3.96. The van der Waals surface area contributed by atoms with Crippen molar-refractivity contribution in [1.82, 2.24) is 9.21 Å². The zero-order valence-corrected chi connectivity index (χ0v) is 12.3. The lowest BCUT2D eigenvalue weighted by Crippen LogP contribution is -2.47. The van der Waals surface area contributed by atoms with Crippen LogP contribution in [0.4, 0.5) is 0 Å². The predicted octanol–water partition coefficient (Wildman–Crippen LogP) is 0.768. The number of nitrogens with zero attached hydrogens (tertiary/aromatic N) is 2. The summed E-state index contributed by atoms with van der Waals surface area (Å²) in [6.45, 7) is 2.12. The quantitative estimate of drug-likeness (QED) is 0.896. The smallest absolute Gasteiger partial charge is 0.244 e. The summed E-state index contributed by atoms with van der Waals surface area (Å²) >= 11 is 5.99. The normalized spacial score (nSPS) is 18.7. The second kappa shape index (κ2) is 5.76. The van der Waals surface area contributed by atoms with Crippen LogP contribution in [0.2, 0.25) is 5.02 Å². The Balaban J connectivity index is 2.34. The molecule has 19 heavy (non-hydrogen) atoms. The summed E-state index contributed by atoms with van der Waals surface area (Å²) in [7, 11) is -1.62. The molecule has 1 heterocycles. The molecule has 1 saturated heterocycles. The number of hydrogen-bond acceptors (Lipinski definition) is 4. The van der Waals surface area contributed by atoms with Crippen LogP contribution < -0.4 is 0 Å². The van der Waals surface area contributed by atoms with Crippen LogP contribution in [0.15, 0.2) is 23.1 Å². The molecular formula is C12H17ClN2O3S. The van der Waals surface area contributed by atoms with Crippen molar-refractivity contribution in [1.29, 1.82) is 0 Å². The number of sulfonamides is 1. The molecule has 1 aliphatic rings. The maximum absolute atomic E-state index is 12.5. The SMILES string of the molecule is CN1CCN(S(=O)(=O)c2cc(CO)ccc2Cl)CC1. The van der Waals surface area contributed by atoms with Gasteiger partial charge in [-0.25, -0.2) is 8.42 Å².